The number of hydrogen-bond acceptors (Lipinski definition) is 4. The van der Waals surface area contributed by atoms with Gasteiger partial charge in [-0.2, -0.15) is 0 Å². The minimum absolute atomic E-state index is 0.0339. The van der Waals surface area contributed by atoms with E-state index in [1.807, 2.05) is 0 Å². The van der Waals surface area contributed by atoms with E-state index < -0.39 is 23.9 Å². The molecule has 0 fully saturated rings. The summed E-state index contributed by atoms with van der Waals surface area (Å²) in [6.07, 6.45) is 1.95. The Kier molecular flexibility index (Phi) is 3.65. The van der Waals surface area contributed by atoms with Crippen LogP contribution in [0.25, 0.3) is 0 Å². The van der Waals surface area contributed by atoms with Crippen LogP contribution < -0.4 is 5.32 Å². The average Bonchev–Trinajstić information content (AvgIpc) is 2.96. The van der Waals surface area contributed by atoms with Crippen molar-refractivity contribution in [2.24, 2.45) is 0 Å². The SMILES string of the molecule is COC(=O)[C@H]1Cc2[nH]cnc2[C@@H](c2cccc(Cl)c2F)N1. The number of nitrogens with zero attached hydrogens (tertiary/aromatic N) is 1. The molecule has 3 rings (SSSR count). The zero-order chi connectivity index (χ0) is 15.0. The third-order valence-corrected chi connectivity index (χ3v) is 3.87. The number of benzene rings is 1. The van der Waals surface area contributed by atoms with E-state index in [2.05, 4.69) is 15.3 Å². The van der Waals surface area contributed by atoms with Crippen LogP contribution in [0, 0.1) is 5.82 Å². The lowest BCUT2D eigenvalue weighted by atomic mass is 9.93. The summed E-state index contributed by atoms with van der Waals surface area (Å²) >= 11 is 5.84. The van der Waals surface area contributed by atoms with E-state index in [-0.39, 0.29) is 5.02 Å². The Bertz CT molecular complexity index is 689. The predicted octanol–water partition coefficient (Wildman–Crippen LogP) is 1.98. The average molecular weight is 310 g/mol. The molecule has 0 amide bonds. The van der Waals surface area contributed by atoms with E-state index in [0.717, 1.165) is 5.69 Å². The number of hydrogen-bond donors (Lipinski definition) is 2. The summed E-state index contributed by atoms with van der Waals surface area (Å²) in [4.78, 5) is 19.0. The molecular weight excluding hydrogens is 297 g/mol. The molecule has 1 aromatic heterocycles. The highest BCUT2D eigenvalue weighted by Crippen LogP contribution is 2.32. The van der Waals surface area contributed by atoms with Crippen molar-refractivity contribution in [1.29, 1.82) is 0 Å². The van der Waals surface area contributed by atoms with E-state index in [1.165, 1.54) is 19.5 Å². The van der Waals surface area contributed by atoms with E-state index >= 15 is 0 Å². The zero-order valence-corrected chi connectivity index (χ0v) is 11.9. The molecule has 1 aliphatic heterocycles. The van der Waals surface area contributed by atoms with E-state index in [0.29, 0.717) is 17.7 Å². The lowest BCUT2D eigenvalue weighted by molar-refractivity contribution is -0.143. The van der Waals surface area contributed by atoms with Gasteiger partial charge in [-0.05, 0) is 6.07 Å². The van der Waals surface area contributed by atoms with Gasteiger partial charge in [-0.1, -0.05) is 23.7 Å². The Morgan fingerprint density at radius 1 is 1.52 bits per heavy atom. The van der Waals surface area contributed by atoms with Crippen LogP contribution in [0.5, 0.6) is 0 Å². The van der Waals surface area contributed by atoms with Crippen LogP contribution in [-0.4, -0.2) is 29.1 Å². The molecule has 2 N–H and O–H groups in total. The van der Waals surface area contributed by atoms with E-state index in [9.17, 15) is 9.18 Å². The standard InChI is InChI=1S/C14H13ClFN3O2/c1-21-14(20)10-5-9-13(18-6-17-9)12(19-10)7-3-2-4-8(15)11(7)16/h2-4,6,10,12,19H,5H2,1H3,(H,17,18)/t10-,12-/m1/s1. The molecule has 5 nitrogen and oxygen atoms in total. The van der Waals surface area contributed by atoms with Crippen LogP contribution in [0.1, 0.15) is 23.0 Å². The lowest BCUT2D eigenvalue weighted by Crippen LogP contribution is -2.46. The molecule has 2 heterocycles. The summed E-state index contributed by atoms with van der Waals surface area (Å²) in [6, 6.07) is 3.65. The van der Waals surface area contributed by atoms with Crippen molar-refractivity contribution in [1.82, 2.24) is 15.3 Å². The molecule has 1 aliphatic rings. The highest BCUT2D eigenvalue weighted by Gasteiger charge is 2.35. The molecule has 0 unspecified atom stereocenters. The van der Waals surface area contributed by atoms with Gasteiger partial charge >= 0.3 is 5.97 Å². The van der Waals surface area contributed by atoms with Gasteiger partial charge in [0.25, 0.3) is 0 Å². The number of esters is 1. The fourth-order valence-electron chi connectivity index (χ4n) is 2.56. The summed E-state index contributed by atoms with van der Waals surface area (Å²) < 4.78 is 19.0. The van der Waals surface area contributed by atoms with Gasteiger partial charge in [0.05, 0.1) is 30.2 Å². The van der Waals surface area contributed by atoms with Crippen LogP contribution in [0.2, 0.25) is 5.02 Å². The van der Waals surface area contributed by atoms with Crippen molar-refractivity contribution in [3.63, 3.8) is 0 Å². The minimum Gasteiger partial charge on any atom is -0.468 e. The first-order valence-electron chi connectivity index (χ1n) is 6.41. The normalized spacial score (nSPS) is 20.9. The maximum Gasteiger partial charge on any atom is 0.323 e. The number of aromatic nitrogens is 2. The van der Waals surface area contributed by atoms with Crippen LogP contribution in [0.15, 0.2) is 24.5 Å². The van der Waals surface area contributed by atoms with Gasteiger partial charge in [-0.15, -0.1) is 0 Å². The smallest absolute Gasteiger partial charge is 0.323 e. The Labute approximate surface area is 125 Å². The molecular formula is C14H13ClFN3O2. The molecule has 1 aromatic carbocycles. The largest absolute Gasteiger partial charge is 0.468 e. The van der Waals surface area contributed by atoms with Crippen molar-refractivity contribution >= 4 is 17.6 Å². The number of imidazole rings is 1. The summed E-state index contributed by atoms with van der Waals surface area (Å²) in [7, 11) is 1.32. The first-order chi connectivity index (χ1) is 10.1. The van der Waals surface area contributed by atoms with Gasteiger partial charge in [0.2, 0.25) is 0 Å². The number of rotatable bonds is 2. The number of ether oxygens (including phenoxy) is 1. The Morgan fingerprint density at radius 2 is 2.33 bits per heavy atom. The highest BCUT2D eigenvalue weighted by atomic mass is 35.5. The van der Waals surface area contributed by atoms with Crippen molar-refractivity contribution in [3.05, 3.63) is 52.3 Å². The first-order valence-corrected chi connectivity index (χ1v) is 6.79. The third-order valence-electron chi connectivity index (χ3n) is 3.58. The maximum absolute atomic E-state index is 14.3. The minimum atomic E-state index is -0.564. The predicted molar refractivity (Wildman–Crippen MR) is 74.5 cm³/mol. The molecule has 110 valence electrons. The fraction of sp³-hybridized carbons (Fsp3) is 0.286. The molecule has 0 saturated carbocycles. The van der Waals surface area contributed by atoms with Crippen molar-refractivity contribution in [2.45, 2.75) is 18.5 Å². The summed E-state index contributed by atoms with van der Waals surface area (Å²) in [5.41, 5.74) is 1.80. The van der Waals surface area contributed by atoms with Crippen LogP contribution in [0.3, 0.4) is 0 Å². The number of carbonyl (C=O) groups is 1. The maximum atomic E-state index is 14.3. The van der Waals surface area contributed by atoms with E-state index in [4.69, 9.17) is 16.3 Å². The van der Waals surface area contributed by atoms with Gasteiger partial charge in [0.1, 0.15) is 11.9 Å². The summed E-state index contributed by atoms with van der Waals surface area (Å²) in [6.45, 7) is 0. The van der Waals surface area contributed by atoms with Gasteiger partial charge < -0.3 is 9.72 Å². The van der Waals surface area contributed by atoms with Crippen LogP contribution >= 0.6 is 11.6 Å². The Hall–Kier alpha value is -1.92. The Morgan fingerprint density at radius 3 is 3.10 bits per heavy atom. The molecule has 0 bridgehead atoms. The second kappa shape index (κ2) is 5.46. The number of carbonyl (C=O) groups excluding carboxylic acids is 1. The van der Waals surface area contributed by atoms with Crippen molar-refractivity contribution in [3.8, 4) is 0 Å². The number of nitrogens with one attached hydrogen (secondary N) is 2. The van der Waals surface area contributed by atoms with E-state index in [1.54, 1.807) is 12.1 Å². The second-order valence-electron chi connectivity index (χ2n) is 4.79. The number of halogens is 2. The van der Waals surface area contributed by atoms with Crippen molar-refractivity contribution < 1.29 is 13.9 Å². The first kappa shape index (κ1) is 14.0. The molecule has 2 aromatic rings. The molecule has 2 atom stereocenters. The molecule has 0 spiro atoms. The fourth-order valence-corrected chi connectivity index (χ4v) is 2.74. The van der Waals surface area contributed by atoms with Crippen LogP contribution in [0.4, 0.5) is 4.39 Å². The highest BCUT2D eigenvalue weighted by molar-refractivity contribution is 6.30. The van der Waals surface area contributed by atoms with Crippen molar-refractivity contribution in [2.75, 3.05) is 7.11 Å². The molecule has 0 radical (unpaired) electrons. The molecule has 0 saturated heterocycles. The number of aromatic amines is 1. The summed E-state index contributed by atoms with van der Waals surface area (Å²) in [5, 5.41) is 3.11. The second-order valence-corrected chi connectivity index (χ2v) is 5.20. The molecule has 21 heavy (non-hydrogen) atoms. The summed E-state index contributed by atoms with van der Waals surface area (Å²) in [5.74, 6) is -0.918. The molecule has 7 heteroatoms. The van der Waals surface area contributed by atoms with Gasteiger partial charge in [-0.25, -0.2) is 9.37 Å². The molecule has 0 aliphatic carbocycles. The van der Waals surface area contributed by atoms with Crippen LogP contribution in [-0.2, 0) is 16.0 Å². The van der Waals surface area contributed by atoms with Gasteiger partial charge in [0, 0.05) is 17.7 Å². The topological polar surface area (TPSA) is 67.0 Å². The monoisotopic (exact) mass is 309 g/mol. The van der Waals surface area contributed by atoms with Gasteiger partial charge in [0.15, 0.2) is 0 Å². The lowest BCUT2D eigenvalue weighted by Gasteiger charge is -2.29. The Balaban J connectivity index is 2.05. The van der Waals surface area contributed by atoms with Gasteiger partial charge in [-0.3, -0.25) is 10.1 Å². The number of fused-ring (bicyclic) bond motifs is 1. The third kappa shape index (κ3) is 2.41. The zero-order valence-electron chi connectivity index (χ0n) is 11.2. The quantitative estimate of drug-likeness (QED) is 0.833. The number of H-pyrrole nitrogens is 1. The number of methoxy groups -OCH3 is 1.